The number of urea groups is 1. The Morgan fingerprint density at radius 1 is 1.10 bits per heavy atom. The van der Waals surface area contributed by atoms with Crippen LogP contribution in [0.5, 0.6) is 17.2 Å². The number of aliphatic hydroxyl groups is 1. The van der Waals surface area contributed by atoms with E-state index in [1.807, 2.05) is 0 Å². The van der Waals surface area contributed by atoms with Crippen molar-refractivity contribution in [2.75, 3.05) is 33.5 Å². The number of hydrogen-bond acceptors (Lipinski definition) is 11. The molecule has 1 aliphatic heterocycles. The van der Waals surface area contributed by atoms with Crippen LogP contribution < -0.4 is 30.3 Å². The molecule has 1 aliphatic rings. The number of amides is 2. The molecule has 0 radical (unpaired) electrons. The Labute approximate surface area is 256 Å². The Bertz CT molecular complexity index is 1350. The second-order valence-electron chi connectivity index (χ2n) is 8.70. The van der Waals surface area contributed by atoms with Crippen molar-refractivity contribution < 1.29 is 43.2 Å². The molecule has 14 heteroatoms. The predicted octanol–water partition coefficient (Wildman–Crippen LogP) is 2.75. The van der Waals surface area contributed by atoms with Gasteiger partial charge in [-0.3, -0.25) is 5.43 Å². The van der Waals surface area contributed by atoms with Gasteiger partial charge >= 0.3 is 18.0 Å². The topological polar surface area (TPSA) is 166 Å². The van der Waals surface area contributed by atoms with E-state index in [4.69, 9.17) is 23.7 Å². The van der Waals surface area contributed by atoms with Gasteiger partial charge in [-0.15, -0.1) is 0 Å². The molecule has 0 unspecified atom stereocenters. The number of allylic oxidation sites excluding steroid dienone is 1. The highest BCUT2D eigenvalue weighted by Gasteiger charge is 2.32. The molecule has 2 amide bonds. The highest BCUT2D eigenvalue weighted by molar-refractivity contribution is 14.1. The summed E-state index contributed by atoms with van der Waals surface area (Å²) in [6.45, 7) is 5.42. The zero-order valence-corrected chi connectivity index (χ0v) is 25.7. The number of nitrogens with one attached hydrogen (secondary N) is 3. The molecule has 2 atom stereocenters. The van der Waals surface area contributed by atoms with Crippen molar-refractivity contribution in [3.05, 3.63) is 62.4 Å². The average molecular weight is 696 g/mol. The van der Waals surface area contributed by atoms with Crippen LogP contribution in [0, 0.1) is 3.57 Å². The second-order valence-corrected chi connectivity index (χ2v) is 9.86. The van der Waals surface area contributed by atoms with Crippen molar-refractivity contribution in [2.45, 2.75) is 33.0 Å². The fourth-order valence-electron chi connectivity index (χ4n) is 3.87. The summed E-state index contributed by atoms with van der Waals surface area (Å²) in [5.74, 6) is 0.220. The van der Waals surface area contributed by atoms with Crippen LogP contribution >= 0.6 is 22.6 Å². The quantitative estimate of drug-likeness (QED) is 0.0759. The Kier molecular flexibility index (Phi) is 12.2. The molecule has 0 fully saturated rings. The average Bonchev–Trinajstić information content (AvgIpc) is 2.95. The lowest BCUT2D eigenvalue weighted by molar-refractivity contribution is -0.145. The molecule has 0 aliphatic carbocycles. The number of methoxy groups -OCH3 is 1. The van der Waals surface area contributed by atoms with Crippen LogP contribution in [0.3, 0.4) is 0 Å². The van der Waals surface area contributed by atoms with Crippen LogP contribution in [0.1, 0.15) is 37.9 Å². The van der Waals surface area contributed by atoms with Crippen molar-refractivity contribution in [1.29, 1.82) is 0 Å². The number of hydrogen-bond donors (Lipinski definition) is 4. The summed E-state index contributed by atoms with van der Waals surface area (Å²) in [6, 6.07) is 9.02. The van der Waals surface area contributed by atoms with Gasteiger partial charge in [-0.2, -0.15) is 5.10 Å². The maximum atomic E-state index is 12.4. The molecule has 0 aromatic heterocycles. The SMILES string of the molecule is CCOC(=O)COc1ccc(/C=N\N[C@H](O)COc2ccc([C@@H]3NC(=O)NC(C)=C3C(=O)OC)cc2OCC)cc1I. The number of ether oxygens (including phenoxy) is 5. The van der Waals surface area contributed by atoms with Gasteiger partial charge in [0.1, 0.15) is 12.4 Å². The molecule has 0 saturated carbocycles. The van der Waals surface area contributed by atoms with E-state index < -0.39 is 30.2 Å². The van der Waals surface area contributed by atoms with Crippen LogP contribution in [0.15, 0.2) is 52.8 Å². The first-order valence-electron chi connectivity index (χ1n) is 13.0. The lowest BCUT2D eigenvalue weighted by Crippen LogP contribution is -2.45. The van der Waals surface area contributed by atoms with E-state index in [0.29, 0.717) is 35.1 Å². The van der Waals surface area contributed by atoms with Crippen LogP contribution in [0.2, 0.25) is 0 Å². The molecule has 3 rings (SSSR count). The van der Waals surface area contributed by atoms with Crippen molar-refractivity contribution in [2.24, 2.45) is 5.10 Å². The Morgan fingerprint density at radius 2 is 1.86 bits per heavy atom. The number of rotatable bonds is 14. The molecule has 42 heavy (non-hydrogen) atoms. The Hall–Kier alpha value is -4.05. The van der Waals surface area contributed by atoms with Gasteiger partial charge in [-0.05, 0) is 84.8 Å². The van der Waals surface area contributed by atoms with E-state index in [9.17, 15) is 19.5 Å². The van der Waals surface area contributed by atoms with E-state index >= 15 is 0 Å². The van der Waals surface area contributed by atoms with Crippen molar-refractivity contribution in [3.8, 4) is 17.2 Å². The fraction of sp³-hybridized carbons (Fsp3) is 0.357. The summed E-state index contributed by atoms with van der Waals surface area (Å²) in [6.07, 6.45) is 0.365. The van der Waals surface area contributed by atoms with E-state index in [0.717, 1.165) is 9.13 Å². The molecule has 2 aromatic rings. The van der Waals surface area contributed by atoms with Gasteiger partial charge in [0.15, 0.2) is 24.3 Å². The highest BCUT2D eigenvalue weighted by Crippen LogP contribution is 2.35. The number of nitrogens with zero attached hydrogens (tertiary/aromatic N) is 1. The third kappa shape index (κ3) is 8.97. The molecule has 4 N–H and O–H groups in total. The highest BCUT2D eigenvalue weighted by atomic mass is 127. The monoisotopic (exact) mass is 696 g/mol. The summed E-state index contributed by atoms with van der Waals surface area (Å²) in [7, 11) is 1.27. The number of esters is 2. The Morgan fingerprint density at radius 3 is 2.55 bits per heavy atom. The minimum atomic E-state index is -1.15. The molecule has 1 heterocycles. The Balaban J connectivity index is 1.61. The number of halogens is 1. The number of carbonyl (C=O) groups excluding carboxylic acids is 3. The van der Waals surface area contributed by atoms with E-state index in [1.165, 1.54) is 13.3 Å². The first kappa shape index (κ1) is 32.5. The fourth-order valence-corrected chi connectivity index (χ4v) is 4.57. The minimum absolute atomic E-state index is 0.161. The van der Waals surface area contributed by atoms with Crippen LogP contribution in [-0.2, 0) is 19.1 Å². The van der Waals surface area contributed by atoms with Gasteiger partial charge in [0.05, 0.1) is 41.7 Å². The van der Waals surface area contributed by atoms with Crippen LogP contribution in [0.4, 0.5) is 4.79 Å². The molecule has 0 bridgehead atoms. The zero-order valence-electron chi connectivity index (χ0n) is 23.6. The second kappa shape index (κ2) is 15.8. The summed E-state index contributed by atoms with van der Waals surface area (Å²) >= 11 is 2.08. The molecule has 0 spiro atoms. The lowest BCUT2D eigenvalue weighted by atomic mass is 9.95. The third-order valence-corrected chi connectivity index (χ3v) is 6.56. The van der Waals surface area contributed by atoms with Crippen molar-refractivity contribution in [1.82, 2.24) is 16.1 Å². The number of carbonyl (C=O) groups is 3. The molecular formula is C28H33IN4O9. The summed E-state index contributed by atoms with van der Waals surface area (Å²) in [5.41, 5.74) is 4.55. The maximum Gasteiger partial charge on any atom is 0.344 e. The van der Waals surface area contributed by atoms with Gasteiger partial charge in [0.2, 0.25) is 0 Å². The van der Waals surface area contributed by atoms with Crippen LogP contribution in [0.25, 0.3) is 0 Å². The molecule has 226 valence electrons. The van der Waals surface area contributed by atoms with Crippen molar-refractivity contribution in [3.63, 3.8) is 0 Å². The first-order valence-corrected chi connectivity index (χ1v) is 14.0. The van der Waals surface area contributed by atoms with Gasteiger partial charge < -0.3 is 39.4 Å². The van der Waals surface area contributed by atoms with E-state index in [-0.39, 0.29) is 25.4 Å². The number of hydrazone groups is 1. The molecule has 13 nitrogen and oxygen atoms in total. The molecule has 2 aromatic carbocycles. The summed E-state index contributed by atoms with van der Waals surface area (Å²) in [5, 5.41) is 19.7. The van der Waals surface area contributed by atoms with Gasteiger partial charge in [-0.1, -0.05) is 6.07 Å². The largest absolute Gasteiger partial charge is 0.490 e. The first-order chi connectivity index (χ1) is 20.2. The summed E-state index contributed by atoms with van der Waals surface area (Å²) < 4.78 is 27.5. The number of aliphatic hydroxyl groups excluding tert-OH is 1. The van der Waals surface area contributed by atoms with Gasteiger partial charge in [-0.25, -0.2) is 14.4 Å². The maximum absolute atomic E-state index is 12.4. The third-order valence-electron chi connectivity index (χ3n) is 5.72. The van der Waals surface area contributed by atoms with E-state index in [1.54, 1.807) is 57.2 Å². The molecular weight excluding hydrogens is 663 g/mol. The van der Waals surface area contributed by atoms with Gasteiger partial charge in [0.25, 0.3) is 0 Å². The minimum Gasteiger partial charge on any atom is -0.490 e. The molecule has 0 saturated heterocycles. The predicted molar refractivity (Wildman–Crippen MR) is 160 cm³/mol. The summed E-state index contributed by atoms with van der Waals surface area (Å²) in [4.78, 5) is 36.0. The van der Waals surface area contributed by atoms with Crippen molar-refractivity contribution >= 4 is 46.8 Å². The van der Waals surface area contributed by atoms with Gasteiger partial charge in [0, 0.05) is 5.70 Å². The zero-order chi connectivity index (χ0) is 30.6. The standard InChI is InChI=1S/C28H33IN4O9/c1-5-39-22-12-18(26-25(27(36)38-4)16(3)31-28(37)32-26)8-10-21(22)41-14-23(34)33-30-13-17-7-9-20(19(29)11-17)42-15-24(35)40-6-2/h7-13,23,26,33-34H,5-6,14-15H2,1-4H3,(H2,31,32,37)/b30-13-/t23-,26+/m1/s1. The number of benzene rings is 2. The van der Waals surface area contributed by atoms with Crippen LogP contribution in [-0.4, -0.2) is 69.1 Å². The van der Waals surface area contributed by atoms with E-state index in [2.05, 4.69) is 43.8 Å². The smallest absolute Gasteiger partial charge is 0.344 e. The normalized spacial score (nSPS) is 15.4. The lowest BCUT2D eigenvalue weighted by Gasteiger charge is -2.28.